The number of methoxy groups -OCH3 is 1. The number of ether oxygens (including phenoxy) is 2. The van der Waals surface area contributed by atoms with Crippen LogP contribution in [0.25, 0.3) is 0 Å². The molecule has 0 radical (unpaired) electrons. The van der Waals surface area contributed by atoms with E-state index in [4.69, 9.17) is 9.47 Å². The Hall–Kier alpha value is -1.55. The Morgan fingerprint density at radius 1 is 1.32 bits per heavy atom. The molecule has 22 heavy (non-hydrogen) atoms. The van der Waals surface area contributed by atoms with Crippen molar-refractivity contribution in [3.05, 3.63) is 29.8 Å². The van der Waals surface area contributed by atoms with Gasteiger partial charge in [0.05, 0.1) is 19.3 Å². The first kappa shape index (κ1) is 15.3. The summed E-state index contributed by atoms with van der Waals surface area (Å²) in [5.41, 5.74) is 1.14. The van der Waals surface area contributed by atoms with Gasteiger partial charge < -0.3 is 14.8 Å². The lowest BCUT2D eigenvalue weighted by atomic mass is 9.76. The monoisotopic (exact) mass is 303 g/mol. The zero-order chi connectivity index (χ0) is 15.5. The normalized spacial score (nSPS) is 31.2. The Bertz CT molecular complexity index is 531. The van der Waals surface area contributed by atoms with Crippen molar-refractivity contribution in [2.24, 2.45) is 5.92 Å². The van der Waals surface area contributed by atoms with Gasteiger partial charge in [0.25, 0.3) is 0 Å². The first-order chi connectivity index (χ1) is 10.7. The van der Waals surface area contributed by atoms with Gasteiger partial charge in [0.15, 0.2) is 0 Å². The lowest BCUT2D eigenvalue weighted by molar-refractivity contribution is -0.131. The maximum atomic E-state index is 11.6. The molecule has 4 atom stereocenters. The van der Waals surface area contributed by atoms with Crippen LogP contribution in [0.5, 0.6) is 5.75 Å². The standard InChI is InChI=1S/C18H25NO3/c1-12(20)19-16-11-18(13-6-5-7-14(10-13)21-2)22-17-9-4-3-8-15(16)17/h5-7,10,15-18H,3-4,8-9,11H2,1-2H3,(H,19,20)/t15-,16+,17+,18+/m0/s1. The fourth-order valence-corrected chi connectivity index (χ4v) is 3.91. The molecule has 3 rings (SSSR count). The van der Waals surface area contributed by atoms with Crippen molar-refractivity contribution < 1.29 is 14.3 Å². The summed E-state index contributed by atoms with van der Waals surface area (Å²) in [6, 6.07) is 8.28. The number of fused-ring (bicyclic) bond motifs is 1. The molecule has 4 nitrogen and oxygen atoms in total. The largest absolute Gasteiger partial charge is 0.497 e. The number of rotatable bonds is 3. The van der Waals surface area contributed by atoms with E-state index in [0.717, 1.165) is 30.6 Å². The summed E-state index contributed by atoms with van der Waals surface area (Å²) >= 11 is 0. The summed E-state index contributed by atoms with van der Waals surface area (Å²) in [4.78, 5) is 11.6. The van der Waals surface area contributed by atoms with Crippen molar-refractivity contribution in [3.63, 3.8) is 0 Å². The third-order valence-electron chi connectivity index (χ3n) is 4.93. The van der Waals surface area contributed by atoms with Gasteiger partial charge in [0, 0.05) is 18.9 Å². The molecule has 0 unspecified atom stereocenters. The van der Waals surface area contributed by atoms with Crippen molar-refractivity contribution in [1.82, 2.24) is 5.32 Å². The molecule has 1 heterocycles. The van der Waals surface area contributed by atoms with E-state index in [0.29, 0.717) is 5.92 Å². The lowest BCUT2D eigenvalue weighted by Gasteiger charge is -2.45. The SMILES string of the molecule is COc1cccc([C@H]2C[C@@H](NC(C)=O)[C@@H]3CCCC[C@H]3O2)c1. The molecule has 1 aliphatic heterocycles. The molecule has 0 bridgehead atoms. The fourth-order valence-electron chi connectivity index (χ4n) is 3.91. The van der Waals surface area contributed by atoms with Crippen LogP contribution in [-0.2, 0) is 9.53 Å². The number of carbonyl (C=O) groups excluding carboxylic acids is 1. The van der Waals surface area contributed by atoms with Crippen molar-refractivity contribution in [3.8, 4) is 5.75 Å². The van der Waals surface area contributed by atoms with Crippen LogP contribution in [0.3, 0.4) is 0 Å². The zero-order valence-corrected chi connectivity index (χ0v) is 13.4. The van der Waals surface area contributed by atoms with E-state index < -0.39 is 0 Å². The average molecular weight is 303 g/mol. The fraction of sp³-hybridized carbons (Fsp3) is 0.611. The minimum atomic E-state index is 0.0336. The summed E-state index contributed by atoms with van der Waals surface area (Å²) in [5, 5.41) is 3.16. The summed E-state index contributed by atoms with van der Waals surface area (Å²) in [7, 11) is 1.68. The molecule has 4 heteroatoms. The molecule has 120 valence electrons. The molecule has 1 aliphatic carbocycles. The van der Waals surface area contributed by atoms with Gasteiger partial charge >= 0.3 is 0 Å². The van der Waals surface area contributed by atoms with Gasteiger partial charge in [-0.05, 0) is 37.0 Å². The van der Waals surface area contributed by atoms with Gasteiger partial charge in [-0.3, -0.25) is 4.79 Å². The Kier molecular flexibility index (Phi) is 4.67. The van der Waals surface area contributed by atoms with Gasteiger partial charge in [0.1, 0.15) is 5.75 Å². The van der Waals surface area contributed by atoms with E-state index in [-0.39, 0.29) is 24.2 Å². The average Bonchev–Trinajstić information content (AvgIpc) is 2.54. The molecule has 2 fully saturated rings. The Morgan fingerprint density at radius 2 is 2.14 bits per heavy atom. The quantitative estimate of drug-likeness (QED) is 0.932. The Labute approximate surface area is 132 Å². The van der Waals surface area contributed by atoms with E-state index in [9.17, 15) is 4.79 Å². The van der Waals surface area contributed by atoms with Crippen molar-refractivity contribution in [2.75, 3.05) is 7.11 Å². The van der Waals surface area contributed by atoms with Crippen LogP contribution in [0.15, 0.2) is 24.3 Å². The van der Waals surface area contributed by atoms with Gasteiger partial charge in [-0.15, -0.1) is 0 Å². The van der Waals surface area contributed by atoms with Crippen molar-refractivity contribution in [2.45, 2.75) is 57.3 Å². The van der Waals surface area contributed by atoms with Gasteiger partial charge in [-0.25, -0.2) is 0 Å². The van der Waals surface area contributed by atoms with Crippen LogP contribution in [0.1, 0.15) is 50.7 Å². The highest BCUT2D eigenvalue weighted by atomic mass is 16.5. The zero-order valence-electron chi connectivity index (χ0n) is 13.4. The second-order valence-electron chi connectivity index (χ2n) is 6.43. The Balaban J connectivity index is 1.81. The van der Waals surface area contributed by atoms with E-state index in [1.165, 1.54) is 12.8 Å². The van der Waals surface area contributed by atoms with Crippen LogP contribution in [0.2, 0.25) is 0 Å². The molecular weight excluding hydrogens is 278 g/mol. The van der Waals surface area contributed by atoms with E-state index in [2.05, 4.69) is 11.4 Å². The Morgan fingerprint density at radius 3 is 2.91 bits per heavy atom. The first-order valence-electron chi connectivity index (χ1n) is 8.24. The third-order valence-corrected chi connectivity index (χ3v) is 4.93. The molecule has 0 spiro atoms. The lowest BCUT2D eigenvalue weighted by Crippen LogP contribution is -2.50. The van der Waals surface area contributed by atoms with Crippen molar-refractivity contribution >= 4 is 5.91 Å². The molecular formula is C18H25NO3. The number of amides is 1. The molecule has 0 aromatic heterocycles. The molecule has 1 aromatic carbocycles. The van der Waals surface area contributed by atoms with Crippen LogP contribution < -0.4 is 10.1 Å². The molecule has 1 amide bonds. The smallest absolute Gasteiger partial charge is 0.217 e. The van der Waals surface area contributed by atoms with E-state index in [1.807, 2.05) is 18.2 Å². The third kappa shape index (κ3) is 3.27. The minimum absolute atomic E-state index is 0.0336. The van der Waals surface area contributed by atoms with Crippen LogP contribution >= 0.6 is 0 Å². The number of carbonyl (C=O) groups is 1. The molecule has 1 aromatic rings. The molecule has 1 N–H and O–H groups in total. The molecule has 2 aliphatic rings. The van der Waals surface area contributed by atoms with Crippen LogP contribution in [0.4, 0.5) is 0 Å². The van der Waals surface area contributed by atoms with Crippen LogP contribution in [0, 0.1) is 5.92 Å². The number of benzene rings is 1. The summed E-state index contributed by atoms with van der Waals surface area (Å²) in [5.74, 6) is 1.36. The van der Waals surface area contributed by atoms with Gasteiger partial charge in [0.2, 0.25) is 5.91 Å². The summed E-state index contributed by atoms with van der Waals surface area (Å²) in [6.45, 7) is 1.61. The van der Waals surface area contributed by atoms with Crippen molar-refractivity contribution in [1.29, 1.82) is 0 Å². The predicted molar refractivity (Wildman–Crippen MR) is 84.8 cm³/mol. The maximum absolute atomic E-state index is 11.6. The highest BCUT2D eigenvalue weighted by molar-refractivity contribution is 5.73. The van der Waals surface area contributed by atoms with Gasteiger partial charge in [-0.2, -0.15) is 0 Å². The second-order valence-corrected chi connectivity index (χ2v) is 6.43. The maximum Gasteiger partial charge on any atom is 0.217 e. The predicted octanol–water partition coefficient (Wildman–Crippen LogP) is 3.22. The second kappa shape index (κ2) is 6.69. The van der Waals surface area contributed by atoms with E-state index in [1.54, 1.807) is 14.0 Å². The summed E-state index contributed by atoms with van der Waals surface area (Å²) < 4.78 is 11.7. The summed E-state index contributed by atoms with van der Waals surface area (Å²) in [6.07, 6.45) is 5.85. The highest BCUT2D eigenvalue weighted by Crippen LogP contribution is 2.41. The minimum Gasteiger partial charge on any atom is -0.497 e. The number of nitrogens with one attached hydrogen (secondary N) is 1. The molecule has 1 saturated carbocycles. The first-order valence-corrected chi connectivity index (χ1v) is 8.24. The number of hydrogen-bond donors (Lipinski definition) is 1. The number of hydrogen-bond acceptors (Lipinski definition) is 3. The van der Waals surface area contributed by atoms with E-state index >= 15 is 0 Å². The highest BCUT2D eigenvalue weighted by Gasteiger charge is 2.40. The van der Waals surface area contributed by atoms with Gasteiger partial charge in [-0.1, -0.05) is 25.0 Å². The topological polar surface area (TPSA) is 47.6 Å². The van der Waals surface area contributed by atoms with Crippen LogP contribution in [-0.4, -0.2) is 25.2 Å². The molecule has 1 saturated heterocycles.